The molecule has 1 aliphatic rings. The second kappa shape index (κ2) is 8.58. The largest absolute Gasteiger partial charge is 0.369 e. The third-order valence-corrected chi connectivity index (χ3v) is 4.12. The van der Waals surface area contributed by atoms with Crippen LogP contribution in [0.3, 0.4) is 0 Å². The Morgan fingerprint density at radius 3 is 2.67 bits per heavy atom. The molecule has 0 bridgehead atoms. The molecule has 1 aromatic rings. The average Bonchev–Trinajstić information content (AvgIpc) is 2.55. The SMILES string of the molecule is CCCCn1nc(C(=O)NC2CCN(CC(N)=O)CC2)ccc1=O. The van der Waals surface area contributed by atoms with Gasteiger partial charge in [-0.3, -0.25) is 19.3 Å². The maximum absolute atomic E-state index is 12.3. The summed E-state index contributed by atoms with van der Waals surface area (Å²) in [4.78, 5) is 37.0. The van der Waals surface area contributed by atoms with Crippen LogP contribution in [-0.2, 0) is 11.3 Å². The minimum absolute atomic E-state index is 0.0412. The van der Waals surface area contributed by atoms with Gasteiger partial charge in [0.15, 0.2) is 0 Å². The lowest BCUT2D eigenvalue weighted by Crippen LogP contribution is -2.47. The van der Waals surface area contributed by atoms with Crippen LogP contribution >= 0.6 is 0 Å². The highest BCUT2D eigenvalue weighted by Crippen LogP contribution is 2.10. The van der Waals surface area contributed by atoms with E-state index in [1.165, 1.54) is 16.8 Å². The zero-order valence-electron chi connectivity index (χ0n) is 14.0. The molecule has 0 aliphatic carbocycles. The topological polar surface area (TPSA) is 110 Å². The van der Waals surface area contributed by atoms with Gasteiger partial charge in [-0.25, -0.2) is 4.68 Å². The number of primary amides is 1. The van der Waals surface area contributed by atoms with E-state index < -0.39 is 0 Å². The number of carbonyl (C=O) groups excluding carboxylic acids is 2. The molecule has 1 aliphatic heterocycles. The van der Waals surface area contributed by atoms with Gasteiger partial charge in [0, 0.05) is 31.7 Å². The molecule has 132 valence electrons. The van der Waals surface area contributed by atoms with Crippen LogP contribution in [-0.4, -0.2) is 52.2 Å². The summed E-state index contributed by atoms with van der Waals surface area (Å²) in [5.41, 5.74) is 5.25. The van der Waals surface area contributed by atoms with Crippen molar-refractivity contribution in [3.8, 4) is 0 Å². The van der Waals surface area contributed by atoms with Crippen LogP contribution in [0.2, 0.25) is 0 Å². The Balaban J connectivity index is 1.91. The molecular weight excluding hydrogens is 310 g/mol. The van der Waals surface area contributed by atoms with E-state index in [0.717, 1.165) is 38.8 Å². The lowest BCUT2D eigenvalue weighted by atomic mass is 10.0. The van der Waals surface area contributed by atoms with E-state index in [9.17, 15) is 14.4 Å². The lowest BCUT2D eigenvalue weighted by molar-refractivity contribution is -0.119. The van der Waals surface area contributed by atoms with Gasteiger partial charge in [0.05, 0.1) is 6.54 Å². The fourth-order valence-electron chi connectivity index (χ4n) is 2.75. The van der Waals surface area contributed by atoms with Crippen molar-refractivity contribution >= 4 is 11.8 Å². The molecule has 0 unspecified atom stereocenters. The van der Waals surface area contributed by atoms with Gasteiger partial charge < -0.3 is 11.1 Å². The minimum atomic E-state index is -0.337. The van der Waals surface area contributed by atoms with Gasteiger partial charge in [-0.1, -0.05) is 13.3 Å². The monoisotopic (exact) mass is 335 g/mol. The van der Waals surface area contributed by atoms with Crippen LogP contribution in [0.5, 0.6) is 0 Å². The van der Waals surface area contributed by atoms with Crippen LogP contribution in [0, 0.1) is 0 Å². The van der Waals surface area contributed by atoms with Crippen molar-refractivity contribution in [1.29, 1.82) is 0 Å². The number of carbonyl (C=O) groups is 2. The van der Waals surface area contributed by atoms with Crippen molar-refractivity contribution in [2.24, 2.45) is 5.73 Å². The lowest BCUT2D eigenvalue weighted by Gasteiger charge is -2.31. The number of nitrogens with zero attached hydrogens (tertiary/aromatic N) is 3. The van der Waals surface area contributed by atoms with E-state index in [4.69, 9.17) is 5.73 Å². The van der Waals surface area contributed by atoms with Crippen LogP contribution in [0.15, 0.2) is 16.9 Å². The van der Waals surface area contributed by atoms with Crippen molar-refractivity contribution in [2.45, 2.75) is 45.2 Å². The second-order valence-electron chi connectivity index (χ2n) is 6.12. The fourth-order valence-corrected chi connectivity index (χ4v) is 2.75. The first-order chi connectivity index (χ1) is 11.5. The van der Waals surface area contributed by atoms with Crippen molar-refractivity contribution in [3.05, 3.63) is 28.2 Å². The highest BCUT2D eigenvalue weighted by Gasteiger charge is 2.22. The number of rotatable bonds is 7. The Morgan fingerprint density at radius 1 is 1.33 bits per heavy atom. The first kappa shape index (κ1) is 18.1. The summed E-state index contributed by atoms with van der Waals surface area (Å²) < 4.78 is 1.34. The number of nitrogens with two attached hydrogens (primary N) is 1. The van der Waals surface area contributed by atoms with Crippen molar-refractivity contribution in [2.75, 3.05) is 19.6 Å². The normalized spacial score (nSPS) is 16.0. The van der Waals surface area contributed by atoms with Crippen LogP contribution < -0.4 is 16.6 Å². The predicted octanol–water partition coefficient (Wildman–Crippen LogP) is -0.277. The summed E-state index contributed by atoms with van der Waals surface area (Å²) in [7, 11) is 0. The maximum atomic E-state index is 12.3. The number of nitrogens with one attached hydrogen (secondary N) is 1. The van der Waals surface area contributed by atoms with Crippen molar-refractivity contribution in [1.82, 2.24) is 20.0 Å². The Hall–Kier alpha value is -2.22. The first-order valence-corrected chi connectivity index (χ1v) is 8.39. The van der Waals surface area contributed by atoms with Crippen LogP contribution in [0.25, 0.3) is 0 Å². The molecule has 0 spiro atoms. The van der Waals surface area contributed by atoms with E-state index in [1.807, 2.05) is 11.8 Å². The number of aromatic nitrogens is 2. The molecule has 0 aromatic carbocycles. The molecule has 0 saturated carbocycles. The smallest absolute Gasteiger partial charge is 0.271 e. The quantitative estimate of drug-likeness (QED) is 0.712. The van der Waals surface area contributed by atoms with Gasteiger partial charge in [-0.2, -0.15) is 5.10 Å². The molecule has 8 nitrogen and oxygen atoms in total. The number of hydrogen-bond acceptors (Lipinski definition) is 5. The molecule has 2 amide bonds. The van der Waals surface area contributed by atoms with Gasteiger partial charge in [-0.05, 0) is 25.3 Å². The number of unbranched alkanes of at least 4 members (excludes halogenated alkanes) is 1. The summed E-state index contributed by atoms with van der Waals surface area (Å²) in [6.07, 6.45) is 3.31. The van der Waals surface area contributed by atoms with E-state index in [1.54, 1.807) is 0 Å². The molecule has 0 radical (unpaired) electrons. The summed E-state index contributed by atoms with van der Waals surface area (Å²) in [6.45, 7) is 4.24. The molecule has 0 atom stereocenters. The van der Waals surface area contributed by atoms with Gasteiger partial charge in [-0.15, -0.1) is 0 Å². The van der Waals surface area contributed by atoms with E-state index in [-0.39, 0.29) is 35.7 Å². The molecule has 1 aromatic heterocycles. The molecule has 8 heteroatoms. The fraction of sp³-hybridized carbons (Fsp3) is 0.625. The highest BCUT2D eigenvalue weighted by molar-refractivity contribution is 5.92. The molecule has 1 saturated heterocycles. The number of aryl methyl sites for hydroxylation is 1. The Morgan fingerprint density at radius 2 is 2.04 bits per heavy atom. The molecule has 1 fully saturated rings. The second-order valence-corrected chi connectivity index (χ2v) is 6.12. The third-order valence-electron chi connectivity index (χ3n) is 4.12. The number of piperidine rings is 1. The molecular formula is C16H25N5O3. The average molecular weight is 335 g/mol. The predicted molar refractivity (Wildman–Crippen MR) is 89.5 cm³/mol. The van der Waals surface area contributed by atoms with E-state index in [0.29, 0.717) is 6.54 Å². The van der Waals surface area contributed by atoms with Crippen molar-refractivity contribution < 1.29 is 9.59 Å². The summed E-state index contributed by atoms with van der Waals surface area (Å²) in [5, 5.41) is 7.10. The zero-order chi connectivity index (χ0) is 17.5. The van der Waals surface area contributed by atoms with Gasteiger partial charge in [0.1, 0.15) is 5.69 Å². The molecule has 3 N–H and O–H groups in total. The third kappa shape index (κ3) is 5.16. The van der Waals surface area contributed by atoms with Crippen LogP contribution in [0.1, 0.15) is 43.1 Å². The van der Waals surface area contributed by atoms with E-state index in [2.05, 4.69) is 10.4 Å². The zero-order valence-corrected chi connectivity index (χ0v) is 14.0. The minimum Gasteiger partial charge on any atom is -0.369 e. The Kier molecular flexibility index (Phi) is 6.48. The van der Waals surface area contributed by atoms with Crippen molar-refractivity contribution in [3.63, 3.8) is 0 Å². The first-order valence-electron chi connectivity index (χ1n) is 8.39. The number of amides is 2. The van der Waals surface area contributed by atoms with E-state index >= 15 is 0 Å². The summed E-state index contributed by atoms with van der Waals surface area (Å²) in [6, 6.07) is 2.88. The summed E-state index contributed by atoms with van der Waals surface area (Å²) >= 11 is 0. The molecule has 2 heterocycles. The van der Waals surface area contributed by atoms with Gasteiger partial charge >= 0.3 is 0 Å². The molecule has 24 heavy (non-hydrogen) atoms. The Labute approximate surface area is 141 Å². The van der Waals surface area contributed by atoms with Crippen LogP contribution in [0.4, 0.5) is 0 Å². The molecule has 2 rings (SSSR count). The van der Waals surface area contributed by atoms with Gasteiger partial charge in [0.25, 0.3) is 11.5 Å². The van der Waals surface area contributed by atoms with Gasteiger partial charge in [0.2, 0.25) is 5.91 Å². The number of likely N-dealkylation sites (tertiary alicyclic amines) is 1. The Bertz CT molecular complexity index is 635. The maximum Gasteiger partial charge on any atom is 0.271 e. The summed E-state index contributed by atoms with van der Waals surface area (Å²) in [5.74, 6) is -0.607. The standard InChI is InChI=1S/C16H25N5O3/c1-2-3-8-21-15(23)5-4-13(19-21)16(24)18-12-6-9-20(10-7-12)11-14(17)22/h4-5,12H,2-3,6-11H2,1H3,(H2,17,22)(H,18,24). The highest BCUT2D eigenvalue weighted by atomic mass is 16.2. The number of hydrogen-bond donors (Lipinski definition) is 2.